The Morgan fingerprint density at radius 3 is 2.64 bits per heavy atom. The Hall–Kier alpha value is -3.52. The van der Waals surface area contributed by atoms with E-state index in [1.807, 2.05) is 24.3 Å². The first kappa shape index (κ1) is 22.7. The fraction of sp³-hybridized carbons (Fsp3) is 0.360. The summed E-state index contributed by atoms with van der Waals surface area (Å²) in [6.07, 6.45) is 5.79. The summed E-state index contributed by atoms with van der Waals surface area (Å²) in [6.45, 7) is 9.06. The number of hydrogen-bond acceptors (Lipinski definition) is 6. The van der Waals surface area contributed by atoms with Gasteiger partial charge in [0, 0.05) is 25.1 Å². The molecule has 0 unspecified atom stereocenters. The van der Waals surface area contributed by atoms with Crippen molar-refractivity contribution >= 4 is 23.1 Å². The van der Waals surface area contributed by atoms with Gasteiger partial charge in [-0.1, -0.05) is 26.0 Å². The lowest BCUT2D eigenvalue weighted by Crippen LogP contribution is -2.33. The molecule has 4 heterocycles. The molecule has 1 N–H and O–H groups in total. The Morgan fingerprint density at radius 1 is 1.15 bits per heavy atom. The van der Waals surface area contributed by atoms with Crippen molar-refractivity contribution in [3.05, 3.63) is 71.4 Å². The zero-order valence-electron chi connectivity index (χ0n) is 19.2. The van der Waals surface area contributed by atoms with Crippen LogP contribution in [0.5, 0.6) is 0 Å². The average Bonchev–Trinajstić information content (AvgIpc) is 3.30. The van der Waals surface area contributed by atoms with Crippen LogP contribution in [0.25, 0.3) is 11.4 Å². The number of aliphatic hydroxyl groups is 1. The minimum Gasteiger partial charge on any atom is -0.505 e. The van der Waals surface area contributed by atoms with Gasteiger partial charge in [0.1, 0.15) is 11.3 Å². The Labute approximate surface area is 193 Å². The van der Waals surface area contributed by atoms with Crippen molar-refractivity contribution in [1.82, 2.24) is 24.2 Å². The molecule has 8 heteroatoms. The highest BCUT2D eigenvalue weighted by molar-refractivity contribution is 6.46. The van der Waals surface area contributed by atoms with Gasteiger partial charge in [-0.25, -0.2) is 4.98 Å². The monoisotopic (exact) mass is 447 g/mol. The zero-order chi connectivity index (χ0) is 23.5. The molecule has 0 aromatic carbocycles. The van der Waals surface area contributed by atoms with Crippen LogP contribution in [0.15, 0.2) is 54.5 Å². The minimum atomic E-state index is -0.705. The first-order valence-corrected chi connectivity index (χ1v) is 11.3. The predicted molar refractivity (Wildman–Crippen MR) is 126 cm³/mol. The maximum absolute atomic E-state index is 13.2. The number of carbonyl (C=O) groups excluding carboxylic acids is 2. The number of aliphatic hydroxyl groups excluding tert-OH is 1. The SMILES string of the molecule is CCN(CC)CCCN1C(=O)C(=O)C(=C(O)c2c(C)nc3ccccn23)[C@@H]1c1cccnc1. The number of aryl methyl sites for hydroxylation is 1. The number of aromatic nitrogens is 3. The predicted octanol–water partition coefficient (Wildman–Crippen LogP) is 3.19. The van der Waals surface area contributed by atoms with Gasteiger partial charge in [0.25, 0.3) is 11.7 Å². The second-order valence-electron chi connectivity index (χ2n) is 8.13. The van der Waals surface area contributed by atoms with Gasteiger partial charge in [0.05, 0.1) is 17.3 Å². The quantitative estimate of drug-likeness (QED) is 0.324. The molecule has 3 aromatic rings. The number of pyridine rings is 2. The summed E-state index contributed by atoms with van der Waals surface area (Å²) in [5.41, 5.74) is 2.41. The molecule has 3 aromatic heterocycles. The van der Waals surface area contributed by atoms with Crippen molar-refractivity contribution in [1.29, 1.82) is 0 Å². The van der Waals surface area contributed by atoms with Crippen LogP contribution in [0.4, 0.5) is 0 Å². The first-order valence-electron chi connectivity index (χ1n) is 11.3. The van der Waals surface area contributed by atoms with Crippen LogP contribution >= 0.6 is 0 Å². The summed E-state index contributed by atoms with van der Waals surface area (Å²) in [6, 6.07) is 8.41. The van der Waals surface area contributed by atoms with E-state index in [9.17, 15) is 14.7 Å². The van der Waals surface area contributed by atoms with Crippen LogP contribution in [0.2, 0.25) is 0 Å². The van der Waals surface area contributed by atoms with E-state index >= 15 is 0 Å². The second-order valence-corrected chi connectivity index (χ2v) is 8.13. The minimum absolute atomic E-state index is 0.0737. The zero-order valence-corrected chi connectivity index (χ0v) is 19.2. The van der Waals surface area contributed by atoms with Gasteiger partial charge < -0.3 is 14.9 Å². The molecule has 0 aliphatic carbocycles. The maximum Gasteiger partial charge on any atom is 0.295 e. The largest absolute Gasteiger partial charge is 0.505 e. The van der Waals surface area contributed by atoms with Crippen molar-refractivity contribution < 1.29 is 14.7 Å². The summed E-state index contributed by atoms with van der Waals surface area (Å²) in [5, 5.41) is 11.4. The fourth-order valence-corrected chi connectivity index (χ4v) is 4.53. The Bertz CT molecular complexity index is 1200. The number of Topliss-reactive ketones (excluding diaryl/α,β-unsaturated/α-hetero) is 1. The molecule has 1 aliphatic heterocycles. The highest BCUT2D eigenvalue weighted by atomic mass is 16.3. The van der Waals surface area contributed by atoms with Gasteiger partial charge in [-0.2, -0.15) is 0 Å². The lowest BCUT2D eigenvalue weighted by molar-refractivity contribution is -0.140. The molecule has 172 valence electrons. The van der Waals surface area contributed by atoms with Crippen LogP contribution in [0, 0.1) is 6.92 Å². The van der Waals surface area contributed by atoms with Crippen LogP contribution in [-0.2, 0) is 9.59 Å². The second kappa shape index (κ2) is 9.54. The first-order chi connectivity index (χ1) is 16.0. The smallest absolute Gasteiger partial charge is 0.295 e. The van der Waals surface area contributed by atoms with Crippen molar-refractivity contribution in [3.63, 3.8) is 0 Å². The Balaban J connectivity index is 1.80. The molecule has 8 nitrogen and oxygen atoms in total. The summed E-state index contributed by atoms with van der Waals surface area (Å²) < 4.78 is 1.73. The molecular formula is C25H29N5O3. The van der Waals surface area contributed by atoms with Gasteiger partial charge in [0.15, 0.2) is 5.76 Å². The van der Waals surface area contributed by atoms with Crippen molar-refractivity contribution in [2.45, 2.75) is 33.2 Å². The van der Waals surface area contributed by atoms with Crippen LogP contribution in [0.3, 0.4) is 0 Å². The van der Waals surface area contributed by atoms with Crippen molar-refractivity contribution in [2.24, 2.45) is 0 Å². The molecule has 1 saturated heterocycles. The molecule has 0 bridgehead atoms. The summed E-state index contributed by atoms with van der Waals surface area (Å²) in [5.74, 6) is -1.50. The highest BCUT2D eigenvalue weighted by Gasteiger charge is 2.46. The Kier molecular flexibility index (Phi) is 6.55. The van der Waals surface area contributed by atoms with Gasteiger partial charge in [0.2, 0.25) is 0 Å². The standard InChI is InChI=1S/C25H29N5O3/c1-4-28(5-2)13-9-15-30-22(18-10-8-12-26-16-18)20(24(32)25(30)33)23(31)21-17(3)27-19-11-6-7-14-29(19)21/h6-8,10-12,14,16,22,31H,4-5,9,13,15H2,1-3H3/t22-/m0/s1. The number of rotatable bonds is 8. The molecule has 0 saturated carbocycles. The average molecular weight is 448 g/mol. The normalized spacial score (nSPS) is 18.1. The third kappa shape index (κ3) is 4.14. The van der Waals surface area contributed by atoms with Gasteiger partial charge >= 0.3 is 0 Å². The highest BCUT2D eigenvalue weighted by Crippen LogP contribution is 2.39. The van der Waals surface area contributed by atoms with Crippen molar-refractivity contribution in [2.75, 3.05) is 26.2 Å². The molecule has 0 spiro atoms. The van der Waals surface area contributed by atoms with Crippen LogP contribution in [0.1, 0.15) is 43.3 Å². The fourth-order valence-electron chi connectivity index (χ4n) is 4.53. The van der Waals surface area contributed by atoms with E-state index in [2.05, 4.69) is 28.7 Å². The van der Waals surface area contributed by atoms with Gasteiger partial charge in [-0.3, -0.25) is 19.0 Å². The summed E-state index contributed by atoms with van der Waals surface area (Å²) >= 11 is 0. The molecule has 1 amide bonds. The maximum atomic E-state index is 13.2. The molecular weight excluding hydrogens is 418 g/mol. The molecule has 1 atom stereocenters. The summed E-state index contributed by atoms with van der Waals surface area (Å²) in [4.78, 5) is 38.9. The molecule has 0 radical (unpaired) electrons. The van der Waals surface area contributed by atoms with E-state index < -0.39 is 17.7 Å². The number of likely N-dealkylation sites (tertiary alicyclic amines) is 1. The van der Waals surface area contributed by atoms with E-state index in [1.54, 1.807) is 40.9 Å². The Morgan fingerprint density at radius 2 is 1.94 bits per heavy atom. The van der Waals surface area contributed by atoms with E-state index in [1.165, 1.54) is 0 Å². The number of ketones is 1. The number of fused-ring (bicyclic) bond motifs is 1. The summed E-state index contributed by atoms with van der Waals surface area (Å²) in [7, 11) is 0. The number of imidazole rings is 1. The number of hydrogen-bond donors (Lipinski definition) is 1. The van der Waals surface area contributed by atoms with E-state index in [0.29, 0.717) is 29.1 Å². The van der Waals surface area contributed by atoms with E-state index in [-0.39, 0.29) is 11.3 Å². The van der Waals surface area contributed by atoms with Crippen LogP contribution in [-0.4, -0.2) is 67.1 Å². The molecule has 1 aliphatic rings. The lowest BCUT2D eigenvalue weighted by Gasteiger charge is -2.26. The molecule has 4 rings (SSSR count). The third-order valence-corrected chi connectivity index (χ3v) is 6.24. The molecule has 33 heavy (non-hydrogen) atoms. The van der Waals surface area contributed by atoms with Gasteiger partial charge in [-0.15, -0.1) is 0 Å². The third-order valence-electron chi connectivity index (χ3n) is 6.24. The number of carbonyl (C=O) groups is 2. The van der Waals surface area contributed by atoms with E-state index in [4.69, 9.17) is 0 Å². The number of amides is 1. The number of nitrogens with zero attached hydrogens (tertiary/aromatic N) is 5. The topological polar surface area (TPSA) is 91.0 Å². The van der Waals surface area contributed by atoms with Crippen molar-refractivity contribution in [3.8, 4) is 0 Å². The van der Waals surface area contributed by atoms with Gasteiger partial charge in [-0.05, 0) is 56.7 Å². The van der Waals surface area contributed by atoms with Crippen LogP contribution < -0.4 is 0 Å². The van der Waals surface area contributed by atoms with E-state index in [0.717, 1.165) is 26.1 Å². The lowest BCUT2D eigenvalue weighted by atomic mass is 9.97. The molecule has 1 fully saturated rings.